The van der Waals surface area contributed by atoms with E-state index in [1.807, 2.05) is 11.0 Å². The van der Waals surface area contributed by atoms with Crippen LogP contribution in [-0.4, -0.2) is 53.3 Å². The molecule has 1 N–H and O–H groups in total. The zero-order valence-corrected chi connectivity index (χ0v) is 16.6. The van der Waals surface area contributed by atoms with Crippen molar-refractivity contribution in [3.05, 3.63) is 34.3 Å². The van der Waals surface area contributed by atoms with Crippen LogP contribution in [0.2, 0.25) is 0 Å². The summed E-state index contributed by atoms with van der Waals surface area (Å²) in [6, 6.07) is 8.67. The van der Waals surface area contributed by atoms with Gasteiger partial charge in [-0.3, -0.25) is 9.69 Å². The summed E-state index contributed by atoms with van der Waals surface area (Å²) in [6.07, 6.45) is 1.90. The van der Waals surface area contributed by atoms with Gasteiger partial charge in [0.05, 0.1) is 5.37 Å². The summed E-state index contributed by atoms with van der Waals surface area (Å²) in [7, 11) is 0. The summed E-state index contributed by atoms with van der Waals surface area (Å²) in [5, 5.41) is 3.31. The number of amides is 1. The van der Waals surface area contributed by atoms with Gasteiger partial charge in [0.2, 0.25) is 5.91 Å². The molecule has 2 fully saturated rings. The van der Waals surface area contributed by atoms with Crippen LogP contribution in [0.5, 0.6) is 0 Å². The van der Waals surface area contributed by atoms with Gasteiger partial charge < -0.3 is 10.2 Å². The zero-order valence-electron chi connectivity index (χ0n) is 14.1. The van der Waals surface area contributed by atoms with Gasteiger partial charge in [-0.05, 0) is 44.5 Å². The molecule has 2 aliphatic heterocycles. The first-order valence-electron chi connectivity index (χ1n) is 8.73. The number of piperazine rings is 1. The van der Waals surface area contributed by atoms with Crippen LogP contribution in [0.25, 0.3) is 0 Å². The molecular formula is C18H26BrN3OS. The minimum absolute atomic E-state index is 0.0222. The molecular weight excluding hydrogens is 386 g/mol. The molecule has 2 aliphatic rings. The second-order valence-corrected chi connectivity index (χ2v) is 8.32. The van der Waals surface area contributed by atoms with Gasteiger partial charge in [-0.2, -0.15) is 12.6 Å². The Morgan fingerprint density at radius 2 is 2.00 bits per heavy atom. The van der Waals surface area contributed by atoms with Gasteiger partial charge in [-0.15, -0.1) is 0 Å². The Labute approximate surface area is 158 Å². The van der Waals surface area contributed by atoms with Crippen LogP contribution in [0.4, 0.5) is 0 Å². The van der Waals surface area contributed by atoms with Gasteiger partial charge in [0.25, 0.3) is 0 Å². The monoisotopic (exact) mass is 411 g/mol. The van der Waals surface area contributed by atoms with Crippen molar-refractivity contribution < 1.29 is 4.79 Å². The Hall–Kier alpha value is -0.560. The molecule has 0 spiro atoms. The number of halogens is 1. The molecule has 2 saturated heterocycles. The molecule has 24 heavy (non-hydrogen) atoms. The van der Waals surface area contributed by atoms with E-state index in [2.05, 4.69) is 51.3 Å². The number of benzene rings is 1. The maximum absolute atomic E-state index is 12.9. The highest BCUT2D eigenvalue weighted by molar-refractivity contribution is 9.10. The first-order chi connectivity index (χ1) is 11.6. The van der Waals surface area contributed by atoms with Crippen LogP contribution >= 0.6 is 28.6 Å². The lowest BCUT2D eigenvalue weighted by Crippen LogP contribution is -2.58. The SMILES string of the molecule is CC1CN(C(=O)C2CCNCC2)C(S)CN1Cc1ccccc1Br. The lowest BCUT2D eigenvalue weighted by atomic mass is 9.96. The van der Waals surface area contributed by atoms with Crippen LogP contribution in [0.15, 0.2) is 28.7 Å². The highest BCUT2D eigenvalue weighted by Crippen LogP contribution is 2.26. The van der Waals surface area contributed by atoms with Crippen molar-refractivity contribution in [2.24, 2.45) is 5.92 Å². The highest BCUT2D eigenvalue weighted by Gasteiger charge is 2.35. The quantitative estimate of drug-likeness (QED) is 0.750. The third-order valence-electron chi connectivity index (χ3n) is 5.14. The third-order valence-corrected chi connectivity index (χ3v) is 6.36. The van der Waals surface area contributed by atoms with E-state index < -0.39 is 0 Å². The Morgan fingerprint density at radius 1 is 1.29 bits per heavy atom. The maximum Gasteiger partial charge on any atom is 0.226 e. The summed E-state index contributed by atoms with van der Waals surface area (Å²) in [6.45, 7) is 6.56. The fourth-order valence-electron chi connectivity index (χ4n) is 3.62. The van der Waals surface area contributed by atoms with E-state index in [1.165, 1.54) is 5.56 Å². The van der Waals surface area contributed by atoms with Crippen molar-refractivity contribution >= 4 is 34.5 Å². The van der Waals surface area contributed by atoms with Gasteiger partial charge in [-0.1, -0.05) is 34.1 Å². The second-order valence-electron chi connectivity index (χ2n) is 6.87. The smallest absolute Gasteiger partial charge is 0.226 e. The maximum atomic E-state index is 12.9. The average molecular weight is 412 g/mol. The predicted octanol–water partition coefficient (Wildman–Crippen LogP) is 2.74. The number of nitrogens with zero attached hydrogens (tertiary/aromatic N) is 2. The minimum Gasteiger partial charge on any atom is -0.328 e. The molecule has 0 radical (unpaired) electrons. The van der Waals surface area contributed by atoms with E-state index in [0.717, 1.165) is 50.0 Å². The lowest BCUT2D eigenvalue weighted by molar-refractivity contribution is -0.140. The van der Waals surface area contributed by atoms with Gasteiger partial charge in [0, 0.05) is 36.1 Å². The predicted molar refractivity (Wildman–Crippen MR) is 104 cm³/mol. The number of piperidine rings is 1. The number of carbonyl (C=O) groups is 1. The van der Waals surface area contributed by atoms with Crippen molar-refractivity contribution in [1.29, 1.82) is 0 Å². The van der Waals surface area contributed by atoms with Crippen LogP contribution in [0, 0.1) is 5.92 Å². The molecule has 0 saturated carbocycles. The van der Waals surface area contributed by atoms with Crippen LogP contribution in [0.1, 0.15) is 25.3 Å². The molecule has 2 atom stereocenters. The van der Waals surface area contributed by atoms with Gasteiger partial charge in [-0.25, -0.2) is 0 Å². The number of nitrogens with one attached hydrogen (secondary N) is 1. The zero-order chi connectivity index (χ0) is 17.1. The van der Waals surface area contributed by atoms with Crippen molar-refractivity contribution in [3.8, 4) is 0 Å². The Bertz CT molecular complexity index is 579. The Balaban J connectivity index is 1.63. The fourth-order valence-corrected chi connectivity index (χ4v) is 4.44. The first kappa shape index (κ1) is 18.2. The number of rotatable bonds is 3. The average Bonchev–Trinajstić information content (AvgIpc) is 2.60. The summed E-state index contributed by atoms with van der Waals surface area (Å²) >= 11 is 8.37. The molecule has 2 heterocycles. The van der Waals surface area contributed by atoms with E-state index in [9.17, 15) is 4.79 Å². The topological polar surface area (TPSA) is 35.6 Å². The first-order valence-corrected chi connectivity index (χ1v) is 10.0. The molecule has 3 rings (SSSR count). The van der Waals surface area contributed by atoms with E-state index in [4.69, 9.17) is 12.6 Å². The molecule has 1 aromatic carbocycles. The number of carbonyl (C=O) groups excluding carboxylic acids is 1. The van der Waals surface area contributed by atoms with Crippen molar-refractivity contribution in [1.82, 2.24) is 15.1 Å². The van der Waals surface area contributed by atoms with E-state index in [1.54, 1.807) is 0 Å². The van der Waals surface area contributed by atoms with Gasteiger partial charge in [0.15, 0.2) is 0 Å². The molecule has 0 aliphatic carbocycles. The number of thiol groups is 1. The molecule has 6 heteroatoms. The minimum atomic E-state index is -0.0222. The molecule has 4 nitrogen and oxygen atoms in total. The largest absolute Gasteiger partial charge is 0.328 e. The normalized spacial score (nSPS) is 26.5. The number of hydrogen-bond acceptors (Lipinski definition) is 4. The van der Waals surface area contributed by atoms with Gasteiger partial charge in [0.1, 0.15) is 0 Å². The van der Waals surface area contributed by atoms with Gasteiger partial charge >= 0.3 is 0 Å². The van der Waals surface area contributed by atoms with Crippen LogP contribution in [-0.2, 0) is 11.3 Å². The third kappa shape index (κ3) is 4.15. The Kier molecular flexibility index (Phi) is 6.24. The summed E-state index contributed by atoms with van der Waals surface area (Å²) in [5.74, 6) is 0.465. The lowest BCUT2D eigenvalue weighted by Gasteiger charge is -2.45. The van der Waals surface area contributed by atoms with E-state index in [0.29, 0.717) is 11.9 Å². The molecule has 2 unspecified atom stereocenters. The van der Waals surface area contributed by atoms with Crippen LogP contribution < -0.4 is 5.32 Å². The summed E-state index contributed by atoms with van der Waals surface area (Å²) in [5.41, 5.74) is 1.28. The summed E-state index contributed by atoms with van der Waals surface area (Å²) < 4.78 is 1.14. The molecule has 132 valence electrons. The molecule has 1 aromatic rings. The highest BCUT2D eigenvalue weighted by atomic mass is 79.9. The van der Waals surface area contributed by atoms with Crippen LogP contribution in [0.3, 0.4) is 0 Å². The fraction of sp³-hybridized carbons (Fsp3) is 0.611. The Morgan fingerprint density at radius 3 is 2.71 bits per heavy atom. The van der Waals surface area contributed by atoms with Crippen molar-refractivity contribution in [2.45, 2.75) is 37.7 Å². The van der Waals surface area contributed by atoms with Crippen molar-refractivity contribution in [2.75, 3.05) is 26.2 Å². The molecule has 0 aromatic heterocycles. The summed E-state index contributed by atoms with van der Waals surface area (Å²) in [4.78, 5) is 17.3. The standard InChI is InChI=1S/C18H26BrN3OS/c1-13-10-22(18(23)14-6-8-20-9-7-14)17(24)12-21(13)11-15-4-2-3-5-16(15)19/h2-5,13-14,17,20,24H,6-12H2,1H3. The molecule has 0 bridgehead atoms. The second kappa shape index (κ2) is 8.21. The van der Waals surface area contributed by atoms with E-state index >= 15 is 0 Å². The van der Waals surface area contributed by atoms with Crippen molar-refractivity contribution in [3.63, 3.8) is 0 Å². The number of hydrogen-bond donors (Lipinski definition) is 2. The molecule has 1 amide bonds. The van der Waals surface area contributed by atoms with E-state index in [-0.39, 0.29) is 11.3 Å².